The van der Waals surface area contributed by atoms with Crippen molar-refractivity contribution in [1.82, 2.24) is 4.90 Å². The second-order valence-electron chi connectivity index (χ2n) is 5.50. The summed E-state index contributed by atoms with van der Waals surface area (Å²) in [5, 5.41) is 0. The highest BCUT2D eigenvalue weighted by Gasteiger charge is 2.20. The van der Waals surface area contributed by atoms with Gasteiger partial charge in [-0.15, -0.1) is 0 Å². The maximum Gasteiger partial charge on any atom is 0.119 e. The first-order valence-electron chi connectivity index (χ1n) is 8.62. The van der Waals surface area contributed by atoms with Gasteiger partial charge in [-0.3, -0.25) is 4.90 Å². The van der Waals surface area contributed by atoms with E-state index in [0.29, 0.717) is 25.7 Å². The average Bonchev–Trinajstić information content (AvgIpc) is 3.11. The van der Waals surface area contributed by atoms with E-state index in [1.54, 1.807) is 14.2 Å². The van der Waals surface area contributed by atoms with Gasteiger partial charge in [-0.2, -0.15) is 0 Å². The zero-order valence-corrected chi connectivity index (χ0v) is 15.5. The third-order valence-corrected chi connectivity index (χ3v) is 3.87. The van der Waals surface area contributed by atoms with Crippen LogP contribution in [0.5, 0.6) is 5.75 Å². The lowest BCUT2D eigenvalue weighted by Crippen LogP contribution is -2.34. The van der Waals surface area contributed by atoms with E-state index in [-0.39, 0.29) is 0 Å². The summed E-state index contributed by atoms with van der Waals surface area (Å²) in [6.45, 7) is 7.33. The van der Waals surface area contributed by atoms with Crippen LogP contribution in [-0.2, 0) is 11.3 Å². The van der Waals surface area contributed by atoms with Crippen molar-refractivity contribution in [3.63, 3.8) is 0 Å². The molecule has 1 aromatic rings. The Bertz CT molecular complexity index is 373. The summed E-state index contributed by atoms with van der Waals surface area (Å²) in [6, 6.07) is 8.43. The summed E-state index contributed by atoms with van der Waals surface area (Å²) in [6.07, 6.45) is 2.65. The summed E-state index contributed by atoms with van der Waals surface area (Å²) in [5.41, 5.74) is 17.1. The molecule has 6 nitrogen and oxygen atoms in total. The van der Waals surface area contributed by atoms with Gasteiger partial charge in [0.05, 0.1) is 13.7 Å². The zero-order valence-electron chi connectivity index (χ0n) is 15.5. The molecule has 1 aromatic carbocycles. The molecule has 1 atom stereocenters. The smallest absolute Gasteiger partial charge is 0.119 e. The largest absolute Gasteiger partial charge is 0.497 e. The summed E-state index contributed by atoms with van der Waals surface area (Å²) < 4.78 is 9.57. The van der Waals surface area contributed by atoms with Crippen LogP contribution in [0.2, 0.25) is 0 Å². The molecule has 0 spiro atoms. The molecule has 1 aliphatic rings. The molecule has 1 fully saturated rings. The second kappa shape index (κ2) is 15.4. The Balaban J connectivity index is 0.000000351. The highest BCUT2D eigenvalue weighted by atomic mass is 16.5. The Morgan fingerprint density at radius 2 is 1.96 bits per heavy atom. The van der Waals surface area contributed by atoms with E-state index in [0.717, 1.165) is 17.9 Å². The van der Waals surface area contributed by atoms with Gasteiger partial charge in [-0.05, 0) is 43.6 Å². The molecule has 0 aromatic heterocycles. The van der Waals surface area contributed by atoms with Crippen molar-refractivity contribution in [2.24, 2.45) is 17.2 Å². The monoisotopic (exact) mass is 340 g/mol. The normalized spacial score (nSPS) is 16.7. The molecule has 1 aliphatic heterocycles. The van der Waals surface area contributed by atoms with Crippen LogP contribution in [0.25, 0.3) is 0 Å². The minimum absolute atomic E-state index is 0.567. The predicted octanol–water partition coefficient (Wildman–Crippen LogP) is 1.17. The Hall–Kier alpha value is -1.18. The van der Waals surface area contributed by atoms with Gasteiger partial charge in [0.2, 0.25) is 0 Å². The van der Waals surface area contributed by atoms with E-state index in [9.17, 15) is 0 Å². The minimum Gasteiger partial charge on any atom is -0.497 e. The van der Waals surface area contributed by atoms with Crippen molar-refractivity contribution in [3.8, 4) is 5.75 Å². The fraction of sp³-hybridized carbons (Fsp3) is 0.667. The number of nitrogens with zero attached hydrogens (tertiary/aromatic N) is 1. The molecule has 1 unspecified atom stereocenters. The number of likely N-dealkylation sites (tertiary alicyclic amines) is 1. The first kappa shape index (κ1) is 22.8. The first-order chi connectivity index (χ1) is 11.7. The molecular formula is C18H36N4O2. The third-order valence-electron chi connectivity index (χ3n) is 3.87. The van der Waals surface area contributed by atoms with Gasteiger partial charge in [0.15, 0.2) is 0 Å². The van der Waals surface area contributed by atoms with Crippen molar-refractivity contribution in [2.75, 3.05) is 47.0 Å². The lowest BCUT2D eigenvalue weighted by Gasteiger charge is -2.20. The van der Waals surface area contributed by atoms with Crippen LogP contribution >= 0.6 is 0 Å². The van der Waals surface area contributed by atoms with E-state index in [1.165, 1.54) is 25.9 Å². The molecule has 0 aliphatic carbocycles. The zero-order chi connectivity index (χ0) is 18.2. The lowest BCUT2D eigenvalue weighted by molar-refractivity contribution is 0.207. The van der Waals surface area contributed by atoms with Crippen LogP contribution < -0.4 is 21.9 Å². The van der Waals surface area contributed by atoms with Gasteiger partial charge in [-0.25, -0.2) is 0 Å². The van der Waals surface area contributed by atoms with Crippen LogP contribution in [0.3, 0.4) is 0 Å². The fourth-order valence-electron chi connectivity index (χ4n) is 2.50. The van der Waals surface area contributed by atoms with E-state index in [2.05, 4.69) is 16.6 Å². The standard InChI is InChI=1S/C8H11NO.C7H16N2.C3H9NO/c1-10-8-4-2-3-7(5-8)6-9;1-2-9-5-3-4-7(9)6-8;1-5-3-2-4/h2-5H,6,9H2,1H3;7H,2-6,8H2,1H3;2-4H2,1H3. The van der Waals surface area contributed by atoms with Gasteiger partial charge >= 0.3 is 0 Å². The van der Waals surface area contributed by atoms with Crippen LogP contribution in [-0.4, -0.2) is 57.9 Å². The Kier molecular flexibility index (Phi) is 14.6. The van der Waals surface area contributed by atoms with Gasteiger partial charge in [0, 0.05) is 32.8 Å². The van der Waals surface area contributed by atoms with Gasteiger partial charge < -0.3 is 26.7 Å². The number of benzene rings is 1. The summed E-state index contributed by atoms with van der Waals surface area (Å²) in [5.74, 6) is 0.864. The predicted molar refractivity (Wildman–Crippen MR) is 101 cm³/mol. The van der Waals surface area contributed by atoms with Crippen LogP contribution in [0.1, 0.15) is 25.3 Å². The summed E-state index contributed by atoms with van der Waals surface area (Å²) in [7, 11) is 3.28. The minimum atomic E-state index is 0.567. The topological polar surface area (TPSA) is 99.8 Å². The number of nitrogens with two attached hydrogens (primary N) is 3. The van der Waals surface area contributed by atoms with Crippen molar-refractivity contribution >= 4 is 0 Å². The van der Waals surface area contributed by atoms with Gasteiger partial charge in [0.25, 0.3) is 0 Å². The lowest BCUT2D eigenvalue weighted by atomic mass is 10.2. The van der Waals surface area contributed by atoms with E-state index >= 15 is 0 Å². The fourth-order valence-corrected chi connectivity index (χ4v) is 2.50. The van der Waals surface area contributed by atoms with Gasteiger partial charge in [0.1, 0.15) is 5.75 Å². The molecule has 2 rings (SSSR count). The second-order valence-corrected chi connectivity index (χ2v) is 5.50. The Morgan fingerprint density at radius 1 is 1.21 bits per heavy atom. The Labute approximate surface area is 147 Å². The molecule has 1 saturated heterocycles. The number of likely N-dealkylation sites (N-methyl/N-ethyl adjacent to an activating group) is 1. The molecule has 1 heterocycles. The molecule has 6 heteroatoms. The van der Waals surface area contributed by atoms with Crippen LogP contribution in [0.15, 0.2) is 24.3 Å². The molecule has 24 heavy (non-hydrogen) atoms. The maximum atomic E-state index is 5.56. The first-order valence-corrected chi connectivity index (χ1v) is 8.62. The van der Waals surface area contributed by atoms with E-state index in [4.69, 9.17) is 21.9 Å². The quantitative estimate of drug-likeness (QED) is 0.719. The molecule has 0 radical (unpaired) electrons. The number of hydrogen-bond donors (Lipinski definition) is 3. The summed E-state index contributed by atoms with van der Waals surface area (Å²) in [4.78, 5) is 2.46. The number of ether oxygens (including phenoxy) is 2. The summed E-state index contributed by atoms with van der Waals surface area (Å²) >= 11 is 0. The molecular weight excluding hydrogens is 304 g/mol. The highest BCUT2D eigenvalue weighted by Crippen LogP contribution is 2.14. The van der Waals surface area contributed by atoms with Crippen LogP contribution in [0.4, 0.5) is 0 Å². The molecule has 140 valence electrons. The van der Waals surface area contributed by atoms with Gasteiger partial charge in [-0.1, -0.05) is 19.1 Å². The molecule has 0 amide bonds. The maximum absolute atomic E-state index is 5.56. The van der Waals surface area contributed by atoms with E-state index in [1.807, 2.05) is 24.3 Å². The average molecular weight is 341 g/mol. The molecule has 6 N–H and O–H groups in total. The van der Waals surface area contributed by atoms with Crippen molar-refractivity contribution < 1.29 is 9.47 Å². The SMILES string of the molecule is CCN1CCCC1CN.COCCN.COc1cccc(CN)c1. The molecule has 0 saturated carbocycles. The highest BCUT2D eigenvalue weighted by molar-refractivity contribution is 5.27. The third kappa shape index (κ3) is 9.85. The number of methoxy groups -OCH3 is 2. The number of hydrogen-bond acceptors (Lipinski definition) is 6. The molecule has 0 bridgehead atoms. The van der Waals surface area contributed by atoms with Crippen molar-refractivity contribution in [3.05, 3.63) is 29.8 Å². The van der Waals surface area contributed by atoms with Crippen molar-refractivity contribution in [1.29, 1.82) is 0 Å². The van der Waals surface area contributed by atoms with E-state index < -0.39 is 0 Å². The van der Waals surface area contributed by atoms with Crippen molar-refractivity contribution in [2.45, 2.75) is 32.4 Å². The Morgan fingerprint density at radius 3 is 2.38 bits per heavy atom. The van der Waals surface area contributed by atoms with Crippen LogP contribution in [0, 0.1) is 0 Å². The number of rotatable bonds is 6.